The van der Waals surface area contributed by atoms with Crippen molar-refractivity contribution in [2.75, 3.05) is 32.8 Å². The van der Waals surface area contributed by atoms with Crippen molar-refractivity contribution in [3.63, 3.8) is 0 Å². The zero-order valence-electron chi connectivity index (χ0n) is 19.1. The molecule has 0 N–H and O–H groups in total. The Labute approximate surface area is 192 Å². The number of carbonyl (C=O) groups is 2. The average Bonchev–Trinajstić information content (AvgIpc) is 3.56. The Morgan fingerprint density at radius 3 is 2.64 bits per heavy atom. The van der Waals surface area contributed by atoms with Crippen LogP contribution in [0.1, 0.15) is 42.9 Å². The second-order valence-corrected chi connectivity index (χ2v) is 9.76. The molecular formula is C24H28N6O3. The highest BCUT2D eigenvalue weighted by Crippen LogP contribution is 2.43. The molecule has 6 rings (SSSR count). The number of hydrogen-bond donors (Lipinski definition) is 0. The van der Waals surface area contributed by atoms with E-state index in [1.807, 2.05) is 9.58 Å². The number of rotatable bonds is 4. The Balaban J connectivity index is 1.08. The van der Waals surface area contributed by atoms with E-state index in [2.05, 4.69) is 39.5 Å². The molecule has 0 aliphatic carbocycles. The summed E-state index contributed by atoms with van der Waals surface area (Å²) in [6, 6.07) is 4.36. The van der Waals surface area contributed by atoms with Crippen LogP contribution in [-0.2, 0) is 27.3 Å². The number of benzene rings is 1. The zero-order valence-corrected chi connectivity index (χ0v) is 19.1. The van der Waals surface area contributed by atoms with Crippen molar-refractivity contribution in [1.82, 2.24) is 30.0 Å². The van der Waals surface area contributed by atoms with Crippen molar-refractivity contribution in [3.05, 3.63) is 40.1 Å². The number of piperidine rings is 1. The summed E-state index contributed by atoms with van der Waals surface area (Å²) in [7, 11) is 0. The summed E-state index contributed by atoms with van der Waals surface area (Å²) >= 11 is 0. The first-order chi connectivity index (χ1) is 16.0. The predicted octanol–water partition coefficient (Wildman–Crippen LogP) is 1.70. The minimum atomic E-state index is -0.298. The lowest BCUT2D eigenvalue weighted by Crippen LogP contribution is -2.45. The van der Waals surface area contributed by atoms with Gasteiger partial charge in [0, 0.05) is 18.7 Å². The molecule has 33 heavy (non-hydrogen) atoms. The van der Waals surface area contributed by atoms with E-state index in [4.69, 9.17) is 4.74 Å². The van der Waals surface area contributed by atoms with Gasteiger partial charge < -0.3 is 14.5 Å². The highest BCUT2D eigenvalue weighted by molar-refractivity contribution is 5.94. The van der Waals surface area contributed by atoms with E-state index in [1.165, 1.54) is 16.7 Å². The maximum absolute atomic E-state index is 13.3. The molecule has 0 bridgehead atoms. The van der Waals surface area contributed by atoms with E-state index in [-0.39, 0.29) is 23.9 Å². The Morgan fingerprint density at radius 2 is 1.88 bits per heavy atom. The lowest BCUT2D eigenvalue weighted by Gasteiger charge is -2.38. The molecule has 1 aromatic heterocycles. The first-order valence-electron chi connectivity index (χ1n) is 11.8. The second-order valence-electron chi connectivity index (χ2n) is 9.76. The first-order valence-corrected chi connectivity index (χ1v) is 11.8. The molecule has 4 aliphatic rings. The van der Waals surface area contributed by atoms with Crippen LogP contribution in [0, 0.1) is 12.3 Å². The van der Waals surface area contributed by atoms with E-state index < -0.39 is 0 Å². The van der Waals surface area contributed by atoms with Gasteiger partial charge in [0.2, 0.25) is 5.91 Å². The molecule has 9 nitrogen and oxygen atoms in total. The van der Waals surface area contributed by atoms with E-state index >= 15 is 0 Å². The summed E-state index contributed by atoms with van der Waals surface area (Å²) in [4.78, 5) is 29.4. The van der Waals surface area contributed by atoms with Gasteiger partial charge in [-0.1, -0.05) is 12.1 Å². The van der Waals surface area contributed by atoms with Gasteiger partial charge >= 0.3 is 5.97 Å². The molecule has 2 saturated heterocycles. The van der Waals surface area contributed by atoms with E-state index in [0.717, 1.165) is 68.9 Å². The average molecular weight is 449 g/mol. The van der Waals surface area contributed by atoms with Gasteiger partial charge in [-0.3, -0.25) is 4.79 Å². The van der Waals surface area contributed by atoms with Gasteiger partial charge in [0.05, 0.1) is 23.2 Å². The molecule has 0 radical (unpaired) electrons. The van der Waals surface area contributed by atoms with Crippen LogP contribution in [0.5, 0.6) is 0 Å². The van der Waals surface area contributed by atoms with E-state index in [0.29, 0.717) is 12.1 Å². The summed E-state index contributed by atoms with van der Waals surface area (Å²) in [5.74, 6) is 0.744. The third-order valence-corrected chi connectivity index (χ3v) is 8.22. The fourth-order valence-electron chi connectivity index (χ4n) is 5.92. The molecular weight excluding hydrogens is 420 g/mol. The number of esters is 1. The number of ether oxygens (including phenoxy) is 1. The van der Waals surface area contributed by atoms with Gasteiger partial charge in [-0.2, -0.15) is 0 Å². The number of hydrogen-bond acceptors (Lipinski definition) is 7. The van der Waals surface area contributed by atoms with Gasteiger partial charge in [-0.25, -0.2) is 9.48 Å². The molecule has 1 aromatic carbocycles. The molecule has 5 heterocycles. The van der Waals surface area contributed by atoms with Crippen LogP contribution in [0.15, 0.2) is 23.4 Å². The quantitative estimate of drug-likeness (QED) is 0.561. The molecule has 4 aliphatic heterocycles. The van der Waals surface area contributed by atoms with Crippen molar-refractivity contribution < 1.29 is 14.3 Å². The number of amides is 1. The van der Waals surface area contributed by atoms with Gasteiger partial charge in [-0.15, -0.1) is 5.10 Å². The number of likely N-dealkylation sites (tertiary alicyclic amines) is 2. The molecule has 2 fully saturated rings. The number of tetrazole rings is 1. The van der Waals surface area contributed by atoms with Crippen molar-refractivity contribution in [3.8, 4) is 11.4 Å². The minimum absolute atomic E-state index is 0.185. The standard InChI is InChI=1S/C24H28N6O3/c1-15-17(3-4-18-19(15)13-30-21(18)25-26-27-30)5-9-28-10-6-24(7-11-28)8-12-29(23(24)32)20-14-33-22(31)16(20)2/h3-4H,5-14H2,1-2H3. The molecule has 0 saturated carbocycles. The number of carbonyl (C=O) groups excluding carboxylic acids is 2. The largest absolute Gasteiger partial charge is 0.456 e. The third kappa shape index (κ3) is 3.13. The molecule has 0 unspecified atom stereocenters. The first kappa shape index (κ1) is 20.5. The fraction of sp³-hybridized carbons (Fsp3) is 0.542. The van der Waals surface area contributed by atoms with Gasteiger partial charge in [0.1, 0.15) is 6.61 Å². The zero-order chi connectivity index (χ0) is 22.7. The smallest absolute Gasteiger partial charge is 0.336 e. The summed E-state index contributed by atoms with van der Waals surface area (Å²) < 4.78 is 6.99. The van der Waals surface area contributed by atoms with Crippen LogP contribution >= 0.6 is 0 Å². The number of nitrogens with zero attached hydrogens (tertiary/aromatic N) is 6. The number of cyclic esters (lactones) is 1. The lowest BCUT2D eigenvalue weighted by molar-refractivity contribution is -0.138. The molecule has 0 atom stereocenters. The predicted molar refractivity (Wildman–Crippen MR) is 119 cm³/mol. The highest BCUT2D eigenvalue weighted by atomic mass is 16.5. The maximum atomic E-state index is 13.3. The summed E-state index contributed by atoms with van der Waals surface area (Å²) in [6.07, 6.45) is 3.62. The van der Waals surface area contributed by atoms with Crippen LogP contribution in [0.25, 0.3) is 11.4 Å². The van der Waals surface area contributed by atoms with Crippen molar-refractivity contribution in [1.29, 1.82) is 0 Å². The molecule has 9 heteroatoms. The monoisotopic (exact) mass is 448 g/mol. The molecule has 2 aromatic rings. The minimum Gasteiger partial charge on any atom is -0.456 e. The van der Waals surface area contributed by atoms with Crippen LogP contribution in [0.4, 0.5) is 0 Å². The summed E-state index contributed by atoms with van der Waals surface area (Å²) in [5.41, 5.74) is 6.21. The van der Waals surface area contributed by atoms with Gasteiger partial charge in [0.15, 0.2) is 5.82 Å². The maximum Gasteiger partial charge on any atom is 0.336 e. The molecule has 1 spiro atoms. The van der Waals surface area contributed by atoms with Crippen LogP contribution in [0.2, 0.25) is 0 Å². The van der Waals surface area contributed by atoms with Crippen LogP contribution in [0.3, 0.4) is 0 Å². The second kappa shape index (κ2) is 7.48. The van der Waals surface area contributed by atoms with Crippen LogP contribution in [-0.4, -0.2) is 74.7 Å². The van der Waals surface area contributed by atoms with E-state index in [9.17, 15) is 9.59 Å². The summed E-state index contributed by atoms with van der Waals surface area (Å²) in [5, 5.41) is 12.0. The Kier molecular flexibility index (Phi) is 4.65. The fourth-order valence-corrected chi connectivity index (χ4v) is 5.92. The highest BCUT2D eigenvalue weighted by Gasteiger charge is 2.50. The van der Waals surface area contributed by atoms with Crippen molar-refractivity contribution in [2.45, 2.75) is 46.1 Å². The van der Waals surface area contributed by atoms with Crippen LogP contribution < -0.4 is 0 Å². The Morgan fingerprint density at radius 1 is 1.09 bits per heavy atom. The van der Waals surface area contributed by atoms with Crippen molar-refractivity contribution >= 4 is 11.9 Å². The van der Waals surface area contributed by atoms with Gasteiger partial charge in [-0.05, 0) is 79.7 Å². The topological polar surface area (TPSA) is 93.5 Å². The normalized spacial score (nSPS) is 21.8. The van der Waals surface area contributed by atoms with Gasteiger partial charge in [0.25, 0.3) is 0 Å². The van der Waals surface area contributed by atoms with Crippen molar-refractivity contribution in [2.24, 2.45) is 5.41 Å². The number of fused-ring (bicyclic) bond motifs is 3. The SMILES string of the molecule is CC1=C(N2CCC3(CCN(CCc4ccc5c(c4C)Cn4nnnc4-5)CC3)C2=O)COC1=O. The number of aromatic nitrogens is 4. The lowest BCUT2D eigenvalue weighted by atomic mass is 9.77. The third-order valence-electron chi connectivity index (χ3n) is 8.22. The Hall–Kier alpha value is -3.07. The Bertz CT molecular complexity index is 1190. The summed E-state index contributed by atoms with van der Waals surface area (Å²) in [6.45, 7) is 8.47. The van der Waals surface area contributed by atoms with E-state index in [1.54, 1.807) is 6.92 Å². The molecule has 172 valence electrons. The molecule has 1 amide bonds.